The summed E-state index contributed by atoms with van der Waals surface area (Å²) in [5.41, 5.74) is 14.5. The Bertz CT molecular complexity index is 3410. The number of carbonyl (C=O) groups is 5. The van der Waals surface area contributed by atoms with Gasteiger partial charge in [0.05, 0.1) is 92.3 Å². The molecule has 5 amide bonds. The molecule has 6 aromatic rings. The van der Waals surface area contributed by atoms with Crippen molar-refractivity contribution in [2.45, 2.75) is 112 Å². The van der Waals surface area contributed by atoms with Gasteiger partial charge in [0, 0.05) is 93.2 Å². The Balaban J connectivity index is 0.664. The predicted molar refractivity (Wildman–Crippen MR) is 338 cm³/mol. The SMILES string of the molecule is Cc1cc(C)c(CNC(=O)c2cc(-c3ccc(N4CCN(CCC(OCCOCCOCCOCCOCC(=O)N[C@H](C(=O)N5C[C@H](O)C[C@H]5C(=O)NCc5ccc(-c6scnc6C)cc5)C(C)(C)C)C(N)=O)CC4)nc3)cc3c2cnn3C(C)C)c(=O)[nH]1. The van der Waals surface area contributed by atoms with E-state index in [0.717, 1.165) is 81.6 Å². The maximum atomic E-state index is 14.0. The van der Waals surface area contributed by atoms with Crippen molar-refractivity contribution < 1.29 is 52.8 Å². The van der Waals surface area contributed by atoms with Gasteiger partial charge in [-0.2, -0.15) is 5.10 Å². The summed E-state index contributed by atoms with van der Waals surface area (Å²) in [4.78, 5) is 98.2. The number of rotatable bonds is 31. The Morgan fingerprint density at radius 3 is 2.10 bits per heavy atom. The van der Waals surface area contributed by atoms with E-state index in [1.54, 1.807) is 23.0 Å². The number of aromatic nitrogens is 5. The number of benzene rings is 2. The Hall–Kier alpha value is -7.49. The van der Waals surface area contributed by atoms with E-state index in [-0.39, 0.29) is 89.1 Å². The van der Waals surface area contributed by atoms with Crippen molar-refractivity contribution in [3.05, 3.63) is 116 Å². The van der Waals surface area contributed by atoms with Gasteiger partial charge in [-0.15, -0.1) is 11.3 Å². The summed E-state index contributed by atoms with van der Waals surface area (Å²) in [7, 11) is 0. The monoisotopic (exact) mass is 1250 g/mol. The Labute approximate surface area is 523 Å². The molecule has 7 N–H and O–H groups in total. The molecule has 2 aromatic carbocycles. The van der Waals surface area contributed by atoms with E-state index < -0.39 is 47.4 Å². The Morgan fingerprint density at radius 1 is 0.809 bits per heavy atom. The zero-order valence-corrected chi connectivity index (χ0v) is 53.1. The van der Waals surface area contributed by atoms with Crippen molar-refractivity contribution >= 4 is 57.6 Å². The summed E-state index contributed by atoms with van der Waals surface area (Å²) in [5, 5.41) is 24.6. The predicted octanol–water partition coefficient (Wildman–Crippen LogP) is 4.60. The van der Waals surface area contributed by atoms with E-state index in [4.69, 9.17) is 34.4 Å². The van der Waals surface area contributed by atoms with Gasteiger partial charge in [0.25, 0.3) is 11.5 Å². The number of β-amino-alcohol motifs (C(OH)–C–C–N with tert-alkyl or cyclic N) is 1. The largest absolute Gasteiger partial charge is 0.391 e. The Morgan fingerprint density at radius 2 is 1.48 bits per heavy atom. The molecule has 1 unspecified atom stereocenters. The number of nitrogens with zero attached hydrogens (tertiary/aromatic N) is 7. The van der Waals surface area contributed by atoms with Gasteiger partial charge in [-0.05, 0) is 99.0 Å². The van der Waals surface area contributed by atoms with Crippen LogP contribution in [0.2, 0.25) is 0 Å². The van der Waals surface area contributed by atoms with Crippen molar-refractivity contribution in [2.75, 3.05) is 104 Å². The van der Waals surface area contributed by atoms with Gasteiger partial charge in [0.15, 0.2) is 0 Å². The molecule has 25 heteroatoms. The van der Waals surface area contributed by atoms with E-state index >= 15 is 0 Å². The van der Waals surface area contributed by atoms with E-state index in [2.05, 4.69) is 40.8 Å². The highest BCUT2D eigenvalue weighted by molar-refractivity contribution is 7.13. The molecule has 2 aliphatic rings. The van der Waals surface area contributed by atoms with Crippen molar-refractivity contribution in [2.24, 2.45) is 11.1 Å². The van der Waals surface area contributed by atoms with Crippen LogP contribution >= 0.6 is 11.3 Å². The molecule has 0 radical (unpaired) electrons. The zero-order valence-electron chi connectivity index (χ0n) is 52.3. The highest BCUT2D eigenvalue weighted by atomic mass is 32.1. The van der Waals surface area contributed by atoms with Crippen molar-refractivity contribution in [3.8, 4) is 21.6 Å². The zero-order chi connectivity index (χ0) is 63.8. The van der Waals surface area contributed by atoms with Crippen LogP contribution in [-0.4, -0.2) is 192 Å². The number of aliphatic hydroxyl groups is 1. The minimum Gasteiger partial charge on any atom is -0.391 e. The highest BCUT2D eigenvalue weighted by Gasteiger charge is 2.44. The summed E-state index contributed by atoms with van der Waals surface area (Å²) >= 11 is 1.56. The molecule has 4 atom stereocenters. The number of carbonyl (C=O) groups excluding carboxylic acids is 5. The second-order valence-corrected chi connectivity index (χ2v) is 24.7. The molecule has 6 heterocycles. The van der Waals surface area contributed by atoms with Gasteiger partial charge in [-0.3, -0.25) is 38.3 Å². The minimum absolute atomic E-state index is 0.0333. The molecule has 89 heavy (non-hydrogen) atoms. The first kappa shape index (κ1) is 67.4. The van der Waals surface area contributed by atoms with E-state index in [9.17, 15) is 33.9 Å². The van der Waals surface area contributed by atoms with Crippen LogP contribution in [0.5, 0.6) is 0 Å². The highest BCUT2D eigenvalue weighted by Crippen LogP contribution is 2.32. The van der Waals surface area contributed by atoms with Crippen LogP contribution in [0.1, 0.15) is 91.9 Å². The van der Waals surface area contributed by atoms with Crippen LogP contribution in [-0.2, 0) is 56.0 Å². The van der Waals surface area contributed by atoms with Crippen LogP contribution < -0.4 is 32.1 Å². The average molecular weight is 1250 g/mol. The average Bonchev–Trinajstić information content (AvgIpc) is 2.34. The lowest BCUT2D eigenvalue weighted by molar-refractivity contribution is -0.144. The number of likely N-dealkylation sites (tertiary alicyclic amines) is 1. The molecule has 480 valence electrons. The number of piperazine rings is 1. The van der Waals surface area contributed by atoms with Crippen molar-refractivity contribution in [1.82, 2.24) is 50.5 Å². The number of amides is 5. The number of nitrogens with two attached hydrogens (primary N) is 1. The number of hydrogen-bond donors (Lipinski definition) is 6. The maximum absolute atomic E-state index is 14.0. The number of anilines is 1. The van der Waals surface area contributed by atoms with Crippen LogP contribution in [0.15, 0.2) is 77.3 Å². The molecule has 8 rings (SSSR count). The van der Waals surface area contributed by atoms with Gasteiger partial charge in [-0.1, -0.05) is 45.0 Å². The maximum Gasteiger partial charge on any atom is 0.253 e. The van der Waals surface area contributed by atoms with Gasteiger partial charge >= 0.3 is 0 Å². The molecule has 0 bridgehead atoms. The first-order valence-corrected chi connectivity index (χ1v) is 31.2. The fourth-order valence-electron chi connectivity index (χ4n) is 10.9. The number of hydrogen-bond acceptors (Lipinski definition) is 18. The standard InChI is InChI=1S/C64H86N12O12S/c1-40(2)76-52-31-47(30-49(51(52)36-70-76)60(80)68-35-50-41(3)29-42(4)71-61(50)81)46-13-14-55(66-34-46)74-19-17-73(18-20-74)16-15-54(59(65)79)88-28-27-86-24-23-84-21-22-85-25-26-87-38-56(78)72-58(64(6,7)8)63(83)75-37-48(77)32-53(75)62(82)67-33-44-9-11-45(12-10-44)57-43(5)69-39-89-57/h9-14,29-31,34,36,39-40,48,53-54,58,77H,15-28,32-33,35,37-38H2,1-8H3,(H2,65,79)(H,67,82)(H,68,80)(H,71,81)(H,72,78)/t48-,53+,54?,58-/m1/s1. The summed E-state index contributed by atoms with van der Waals surface area (Å²) in [6, 6.07) is 15.8. The van der Waals surface area contributed by atoms with Crippen LogP contribution in [0, 0.1) is 26.2 Å². The molecule has 4 aromatic heterocycles. The molecule has 2 aliphatic heterocycles. The number of aromatic amines is 1. The summed E-state index contributed by atoms with van der Waals surface area (Å²) in [5.74, 6) is -1.36. The summed E-state index contributed by atoms with van der Waals surface area (Å²) in [6.45, 7) is 20.7. The first-order chi connectivity index (χ1) is 42.6. The third-order valence-electron chi connectivity index (χ3n) is 15.8. The molecule has 0 spiro atoms. The van der Waals surface area contributed by atoms with Crippen molar-refractivity contribution in [1.29, 1.82) is 0 Å². The molecule has 24 nitrogen and oxygen atoms in total. The fraction of sp³-hybridized carbons (Fsp3) is 0.516. The number of nitrogens with one attached hydrogen (secondary N) is 4. The number of thiazole rings is 1. The number of aryl methyl sites for hydroxylation is 3. The number of aliphatic hydroxyl groups excluding tert-OH is 1. The number of fused-ring (bicyclic) bond motifs is 1. The molecular weight excluding hydrogens is 1160 g/mol. The second-order valence-electron chi connectivity index (χ2n) is 23.9. The smallest absolute Gasteiger partial charge is 0.253 e. The third kappa shape index (κ3) is 18.6. The van der Waals surface area contributed by atoms with Gasteiger partial charge in [-0.25, -0.2) is 9.97 Å². The molecular formula is C64H86N12O12S. The van der Waals surface area contributed by atoms with Gasteiger partial charge < -0.3 is 65.3 Å². The first-order valence-electron chi connectivity index (χ1n) is 30.3. The van der Waals surface area contributed by atoms with Crippen LogP contribution in [0.4, 0.5) is 5.82 Å². The third-order valence-corrected chi connectivity index (χ3v) is 16.8. The minimum atomic E-state index is -0.988. The van der Waals surface area contributed by atoms with Gasteiger partial charge in [0.2, 0.25) is 23.6 Å². The lowest BCUT2D eigenvalue weighted by Gasteiger charge is -2.35. The van der Waals surface area contributed by atoms with Gasteiger partial charge in [0.1, 0.15) is 30.6 Å². The molecule has 0 saturated carbocycles. The van der Waals surface area contributed by atoms with E-state index in [1.165, 1.54) is 4.90 Å². The Kier molecular flexibility index (Phi) is 24.1. The lowest BCUT2D eigenvalue weighted by atomic mass is 9.85. The summed E-state index contributed by atoms with van der Waals surface area (Å²) in [6.07, 6.45) is 2.40. The quantitative estimate of drug-likeness (QED) is 0.0324. The van der Waals surface area contributed by atoms with E-state index in [0.29, 0.717) is 49.3 Å². The second kappa shape index (κ2) is 31.8. The number of pyridine rings is 2. The molecule has 0 aliphatic carbocycles. The van der Waals surface area contributed by atoms with Crippen LogP contribution in [0.25, 0.3) is 32.5 Å². The molecule has 2 fully saturated rings. The normalized spacial score (nSPS) is 16.2. The van der Waals surface area contributed by atoms with Crippen LogP contribution in [0.3, 0.4) is 0 Å². The lowest BCUT2D eigenvalue weighted by Crippen LogP contribution is -2.58. The number of H-pyrrole nitrogens is 1. The van der Waals surface area contributed by atoms with Crippen molar-refractivity contribution in [3.63, 3.8) is 0 Å². The number of ether oxygens (including phenoxy) is 5. The summed E-state index contributed by atoms with van der Waals surface area (Å²) < 4.78 is 30.1. The molecule has 2 saturated heterocycles. The van der Waals surface area contributed by atoms with E-state index in [1.807, 2.05) is 121 Å². The number of primary amides is 1. The fourth-order valence-corrected chi connectivity index (χ4v) is 11.7. The topological polar surface area (TPSA) is 300 Å².